The zero-order chi connectivity index (χ0) is 16.9. The number of aromatic nitrogens is 4. The van der Waals surface area contributed by atoms with Gasteiger partial charge in [-0.05, 0) is 13.3 Å². The van der Waals surface area contributed by atoms with Gasteiger partial charge in [0.05, 0.1) is 12.6 Å². The molecule has 0 saturated carbocycles. The second-order valence-electron chi connectivity index (χ2n) is 6.59. The standard InChI is InChI=1S/C17H28N6O/c1-4-5-6-15-19-17(24-20-15)14(2)23-11-9-22(10-12-23)13-16-18-7-8-21(16)3/h7-8,14H,4-6,9-13H2,1-3H3/t14-/m1/s1. The van der Waals surface area contributed by atoms with Crippen molar-refractivity contribution in [3.8, 4) is 0 Å². The lowest BCUT2D eigenvalue weighted by Gasteiger charge is -2.36. The van der Waals surface area contributed by atoms with E-state index < -0.39 is 0 Å². The highest BCUT2D eigenvalue weighted by Crippen LogP contribution is 2.21. The highest BCUT2D eigenvalue weighted by atomic mass is 16.5. The molecule has 3 rings (SSSR count). The number of aryl methyl sites for hydroxylation is 2. The number of rotatable bonds is 7. The van der Waals surface area contributed by atoms with Gasteiger partial charge in [-0.3, -0.25) is 9.80 Å². The van der Waals surface area contributed by atoms with Gasteiger partial charge in [-0.25, -0.2) is 4.98 Å². The summed E-state index contributed by atoms with van der Waals surface area (Å²) in [5.74, 6) is 2.71. The van der Waals surface area contributed by atoms with Crippen LogP contribution in [0.4, 0.5) is 0 Å². The quantitative estimate of drug-likeness (QED) is 0.773. The summed E-state index contributed by atoms with van der Waals surface area (Å²) in [6.07, 6.45) is 7.03. The molecule has 0 unspecified atom stereocenters. The molecule has 1 fully saturated rings. The summed E-state index contributed by atoms with van der Waals surface area (Å²) >= 11 is 0. The minimum atomic E-state index is 0.184. The van der Waals surface area contributed by atoms with Gasteiger partial charge in [-0.1, -0.05) is 18.5 Å². The second kappa shape index (κ2) is 7.90. The Bertz CT molecular complexity index is 629. The normalized spacial score (nSPS) is 18.1. The van der Waals surface area contributed by atoms with Gasteiger partial charge >= 0.3 is 0 Å². The van der Waals surface area contributed by atoms with Crippen molar-refractivity contribution in [2.24, 2.45) is 7.05 Å². The predicted octanol–water partition coefficient (Wildman–Crippen LogP) is 2.02. The molecule has 1 atom stereocenters. The minimum Gasteiger partial charge on any atom is -0.338 e. The molecule has 0 aliphatic carbocycles. The third-order valence-corrected chi connectivity index (χ3v) is 4.84. The first-order chi connectivity index (χ1) is 11.7. The molecule has 2 aromatic rings. The van der Waals surface area contributed by atoms with Crippen LogP contribution in [0.25, 0.3) is 0 Å². The lowest BCUT2D eigenvalue weighted by molar-refractivity contribution is 0.0827. The van der Waals surface area contributed by atoms with Crippen molar-refractivity contribution < 1.29 is 4.52 Å². The lowest BCUT2D eigenvalue weighted by atomic mass is 10.2. The van der Waals surface area contributed by atoms with Crippen molar-refractivity contribution in [1.29, 1.82) is 0 Å². The fourth-order valence-corrected chi connectivity index (χ4v) is 3.09. The van der Waals surface area contributed by atoms with E-state index in [1.165, 1.54) is 0 Å². The Labute approximate surface area is 143 Å². The van der Waals surface area contributed by atoms with Crippen molar-refractivity contribution in [1.82, 2.24) is 29.5 Å². The van der Waals surface area contributed by atoms with Gasteiger partial charge in [0.15, 0.2) is 5.82 Å². The maximum atomic E-state index is 5.47. The van der Waals surface area contributed by atoms with Gasteiger partial charge < -0.3 is 9.09 Å². The van der Waals surface area contributed by atoms with E-state index in [2.05, 4.69) is 43.3 Å². The molecular weight excluding hydrogens is 304 g/mol. The van der Waals surface area contributed by atoms with E-state index in [-0.39, 0.29) is 6.04 Å². The second-order valence-corrected chi connectivity index (χ2v) is 6.59. The van der Waals surface area contributed by atoms with Gasteiger partial charge in [-0.15, -0.1) is 0 Å². The lowest BCUT2D eigenvalue weighted by Crippen LogP contribution is -2.46. The van der Waals surface area contributed by atoms with Crippen LogP contribution in [0, 0.1) is 0 Å². The predicted molar refractivity (Wildman–Crippen MR) is 91.4 cm³/mol. The topological polar surface area (TPSA) is 63.2 Å². The molecule has 0 bridgehead atoms. The number of imidazole rings is 1. The van der Waals surface area contributed by atoms with E-state index in [1.54, 1.807) is 0 Å². The fourth-order valence-electron chi connectivity index (χ4n) is 3.09. The molecule has 0 amide bonds. The van der Waals surface area contributed by atoms with Crippen molar-refractivity contribution in [2.75, 3.05) is 26.2 Å². The summed E-state index contributed by atoms with van der Waals surface area (Å²) < 4.78 is 7.56. The number of unbranched alkanes of at least 4 members (excludes halogenated alkanes) is 1. The van der Waals surface area contributed by atoms with Crippen LogP contribution in [0.1, 0.15) is 50.3 Å². The molecule has 1 aliphatic heterocycles. The third-order valence-electron chi connectivity index (χ3n) is 4.84. The molecule has 0 N–H and O–H groups in total. The first-order valence-corrected chi connectivity index (χ1v) is 8.92. The Kier molecular flexibility index (Phi) is 5.63. The minimum absolute atomic E-state index is 0.184. The van der Waals surface area contributed by atoms with Gasteiger partial charge in [0, 0.05) is 52.0 Å². The SMILES string of the molecule is CCCCc1noc([C@@H](C)N2CCN(Cc3nccn3C)CC2)n1. The van der Waals surface area contributed by atoms with E-state index in [4.69, 9.17) is 4.52 Å². The molecule has 1 saturated heterocycles. The van der Waals surface area contributed by atoms with Gasteiger partial charge in [-0.2, -0.15) is 4.98 Å². The molecule has 0 radical (unpaired) electrons. The van der Waals surface area contributed by atoms with E-state index in [1.807, 2.05) is 19.4 Å². The summed E-state index contributed by atoms with van der Waals surface area (Å²) in [5, 5.41) is 4.11. The largest absolute Gasteiger partial charge is 0.338 e. The number of hydrogen-bond acceptors (Lipinski definition) is 6. The third kappa shape index (κ3) is 4.02. The van der Waals surface area contributed by atoms with Crippen molar-refractivity contribution >= 4 is 0 Å². The highest BCUT2D eigenvalue weighted by Gasteiger charge is 2.26. The zero-order valence-corrected chi connectivity index (χ0v) is 15.0. The molecular formula is C17H28N6O. The first-order valence-electron chi connectivity index (χ1n) is 8.92. The summed E-state index contributed by atoms with van der Waals surface area (Å²) in [5.41, 5.74) is 0. The van der Waals surface area contributed by atoms with E-state index in [9.17, 15) is 0 Å². The fraction of sp³-hybridized carbons (Fsp3) is 0.706. The van der Waals surface area contributed by atoms with Crippen molar-refractivity contribution in [2.45, 2.75) is 45.7 Å². The summed E-state index contributed by atoms with van der Waals surface area (Å²) in [4.78, 5) is 13.9. The van der Waals surface area contributed by atoms with E-state index in [0.29, 0.717) is 0 Å². The molecule has 132 valence electrons. The van der Waals surface area contributed by atoms with Crippen LogP contribution in [0.15, 0.2) is 16.9 Å². The van der Waals surface area contributed by atoms with Gasteiger partial charge in [0.25, 0.3) is 0 Å². The van der Waals surface area contributed by atoms with Gasteiger partial charge in [0.2, 0.25) is 5.89 Å². The molecule has 7 nitrogen and oxygen atoms in total. The molecule has 3 heterocycles. The van der Waals surface area contributed by atoms with Crippen LogP contribution in [-0.2, 0) is 20.0 Å². The molecule has 0 spiro atoms. The Hall–Kier alpha value is -1.73. The Balaban J connectivity index is 1.50. The van der Waals surface area contributed by atoms with Crippen molar-refractivity contribution in [3.63, 3.8) is 0 Å². The Morgan fingerprint density at radius 1 is 1.25 bits per heavy atom. The maximum absolute atomic E-state index is 5.47. The summed E-state index contributed by atoms with van der Waals surface area (Å²) in [6, 6.07) is 0.184. The number of nitrogens with zero attached hydrogens (tertiary/aromatic N) is 6. The van der Waals surface area contributed by atoms with Crippen LogP contribution in [0.2, 0.25) is 0 Å². The van der Waals surface area contributed by atoms with E-state index in [0.717, 1.165) is 69.5 Å². The highest BCUT2D eigenvalue weighted by molar-refractivity contribution is 4.95. The average molecular weight is 332 g/mol. The van der Waals surface area contributed by atoms with Gasteiger partial charge in [0.1, 0.15) is 5.82 Å². The first kappa shape index (κ1) is 17.1. The molecule has 7 heteroatoms. The summed E-state index contributed by atoms with van der Waals surface area (Å²) in [7, 11) is 2.05. The van der Waals surface area contributed by atoms with Crippen LogP contribution in [0.5, 0.6) is 0 Å². The average Bonchev–Trinajstić information content (AvgIpc) is 3.23. The summed E-state index contributed by atoms with van der Waals surface area (Å²) in [6.45, 7) is 9.34. The van der Waals surface area contributed by atoms with Crippen LogP contribution >= 0.6 is 0 Å². The maximum Gasteiger partial charge on any atom is 0.243 e. The molecule has 2 aromatic heterocycles. The zero-order valence-electron chi connectivity index (χ0n) is 15.0. The Morgan fingerprint density at radius 2 is 2.04 bits per heavy atom. The van der Waals surface area contributed by atoms with Crippen LogP contribution < -0.4 is 0 Å². The number of piperazine rings is 1. The van der Waals surface area contributed by atoms with Crippen molar-refractivity contribution in [3.05, 3.63) is 29.9 Å². The smallest absolute Gasteiger partial charge is 0.243 e. The monoisotopic (exact) mass is 332 g/mol. The molecule has 24 heavy (non-hydrogen) atoms. The molecule has 1 aliphatic rings. The number of hydrogen-bond donors (Lipinski definition) is 0. The van der Waals surface area contributed by atoms with Crippen LogP contribution in [-0.4, -0.2) is 55.7 Å². The molecule has 0 aromatic carbocycles. The van der Waals surface area contributed by atoms with E-state index >= 15 is 0 Å². The van der Waals surface area contributed by atoms with Crippen LogP contribution in [0.3, 0.4) is 0 Å². The Morgan fingerprint density at radius 3 is 2.71 bits per heavy atom.